The molecule has 0 aliphatic heterocycles. The number of amides is 1. The summed E-state index contributed by atoms with van der Waals surface area (Å²) >= 11 is 1.72. The number of carbonyl (C=O) groups is 1. The lowest BCUT2D eigenvalue weighted by atomic mass is 10.2. The molecule has 1 fully saturated rings. The average molecular weight is 264 g/mol. The van der Waals surface area contributed by atoms with Gasteiger partial charge in [0.15, 0.2) is 0 Å². The first-order chi connectivity index (χ1) is 8.70. The largest absolute Gasteiger partial charge is 0.399 e. The van der Waals surface area contributed by atoms with Crippen molar-refractivity contribution in [1.82, 2.24) is 4.90 Å². The van der Waals surface area contributed by atoms with Gasteiger partial charge in [-0.3, -0.25) is 4.79 Å². The van der Waals surface area contributed by atoms with Crippen molar-refractivity contribution in [2.45, 2.75) is 31.8 Å². The summed E-state index contributed by atoms with van der Waals surface area (Å²) in [4.78, 5) is 14.2. The van der Waals surface area contributed by atoms with Gasteiger partial charge in [0.1, 0.15) is 0 Å². The van der Waals surface area contributed by atoms with Crippen LogP contribution in [0.5, 0.6) is 0 Å². The minimum absolute atomic E-state index is 0.272. The molecule has 0 saturated heterocycles. The molecule has 1 aliphatic rings. The normalized spacial score (nSPS) is 14.5. The Kier molecular flexibility index (Phi) is 4.53. The number of rotatable bonds is 6. The molecule has 2 N–H and O–H groups in total. The molecule has 1 aromatic carbocycles. The number of anilines is 1. The van der Waals surface area contributed by atoms with E-state index in [-0.39, 0.29) is 5.91 Å². The number of thioether (sulfide) groups is 1. The van der Waals surface area contributed by atoms with Crippen molar-refractivity contribution >= 4 is 23.4 Å². The molecule has 0 unspecified atom stereocenters. The summed E-state index contributed by atoms with van der Waals surface area (Å²) in [6.07, 6.45) is 4.97. The Balaban J connectivity index is 2.00. The summed E-state index contributed by atoms with van der Waals surface area (Å²) < 4.78 is 0. The van der Waals surface area contributed by atoms with E-state index in [1.165, 1.54) is 0 Å². The monoisotopic (exact) mass is 264 g/mol. The highest BCUT2D eigenvalue weighted by molar-refractivity contribution is 7.98. The van der Waals surface area contributed by atoms with Gasteiger partial charge in [0.05, 0.1) is 0 Å². The minimum Gasteiger partial charge on any atom is -0.399 e. The van der Waals surface area contributed by atoms with Gasteiger partial charge in [-0.2, -0.15) is 11.8 Å². The van der Waals surface area contributed by atoms with E-state index >= 15 is 0 Å². The second-order valence-electron chi connectivity index (χ2n) is 4.74. The second kappa shape index (κ2) is 6.14. The first kappa shape index (κ1) is 13.3. The highest BCUT2D eigenvalue weighted by atomic mass is 32.2. The molecule has 0 heterocycles. The lowest BCUT2D eigenvalue weighted by molar-refractivity contribution is -0.131. The summed E-state index contributed by atoms with van der Waals surface area (Å²) in [6, 6.07) is 8.27. The standard InChI is InChI=1S/C14H20N2OS/c1-18-8-7-14(17)16(13-5-6-13)10-11-3-2-4-12(15)9-11/h2-4,9,13H,5-8,10,15H2,1H3. The first-order valence-electron chi connectivity index (χ1n) is 6.33. The van der Waals surface area contributed by atoms with Crippen molar-refractivity contribution in [3.05, 3.63) is 29.8 Å². The van der Waals surface area contributed by atoms with E-state index in [1.807, 2.05) is 35.4 Å². The summed E-state index contributed by atoms with van der Waals surface area (Å²) in [5.74, 6) is 1.17. The third-order valence-electron chi connectivity index (χ3n) is 3.13. The zero-order valence-electron chi connectivity index (χ0n) is 10.8. The van der Waals surface area contributed by atoms with Gasteiger partial charge >= 0.3 is 0 Å². The Morgan fingerprint density at radius 1 is 1.50 bits per heavy atom. The van der Waals surface area contributed by atoms with E-state index in [0.29, 0.717) is 19.0 Å². The Morgan fingerprint density at radius 2 is 2.28 bits per heavy atom. The predicted octanol–water partition coefficient (Wildman–Crippen LogP) is 2.51. The molecule has 98 valence electrons. The van der Waals surface area contributed by atoms with Gasteiger partial charge in [0, 0.05) is 30.4 Å². The van der Waals surface area contributed by atoms with Crippen LogP contribution in [0.3, 0.4) is 0 Å². The van der Waals surface area contributed by atoms with E-state index in [4.69, 9.17) is 5.73 Å². The Morgan fingerprint density at radius 3 is 2.89 bits per heavy atom. The molecule has 1 amide bonds. The number of benzene rings is 1. The van der Waals surface area contributed by atoms with Crippen LogP contribution in [0.1, 0.15) is 24.8 Å². The Labute approximate surface area is 113 Å². The summed E-state index contributed by atoms with van der Waals surface area (Å²) in [7, 11) is 0. The fourth-order valence-electron chi connectivity index (χ4n) is 2.03. The van der Waals surface area contributed by atoms with Crippen LogP contribution < -0.4 is 5.73 Å². The van der Waals surface area contributed by atoms with Gasteiger partial charge in [0.2, 0.25) is 5.91 Å². The van der Waals surface area contributed by atoms with Crippen LogP contribution in [0, 0.1) is 0 Å². The minimum atomic E-state index is 0.272. The van der Waals surface area contributed by atoms with Gasteiger partial charge < -0.3 is 10.6 Å². The molecule has 18 heavy (non-hydrogen) atoms. The van der Waals surface area contributed by atoms with E-state index in [2.05, 4.69) is 0 Å². The van der Waals surface area contributed by atoms with Crippen molar-refractivity contribution in [2.24, 2.45) is 0 Å². The van der Waals surface area contributed by atoms with Crippen molar-refractivity contribution in [1.29, 1.82) is 0 Å². The smallest absolute Gasteiger partial charge is 0.223 e. The number of hydrogen-bond acceptors (Lipinski definition) is 3. The molecule has 0 atom stereocenters. The maximum absolute atomic E-state index is 12.2. The molecule has 4 heteroatoms. The molecule has 0 radical (unpaired) electrons. The molecular formula is C14H20N2OS. The van der Waals surface area contributed by atoms with Crippen LogP contribution in [0.2, 0.25) is 0 Å². The van der Waals surface area contributed by atoms with Crippen LogP contribution in [0.25, 0.3) is 0 Å². The lowest BCUT2D eigenvalue weighted by Gasteiger charge is -2.22. The first-order valence-corrected chi connectivity index (χ1v) is 7.73. The Hall–Kier alpha value is -1.16. The van der Waals surface area contributed by atoms with E-state index in [9.17, 15) is 4.79 Å². The van der Waals surface area contributed by atoms with E-state index < -0.39 is 0 Å². The van der Waals surface area contributed by atoms with Crippen LogP contribution in [-0.2, 0) is 11.3 Å². The van der Waals surface area contributed by atoms with E-state index in [1.54, 1.807) is 11.8 Å². The number of carbonyl (C=O) groups excluding carboxylic acids is 1. The molecule has 0 bridgehead atoms. The molecule has 0 aromatic heterocycles. The quantitative estimate of drug-likeness (QED) is 0.803. The fraction of sp³-hybridized carbons (Fsp3) is 0.500. The van der Waals surface area contributed by atoms with Crippen molar-refractivity contribution < 1.29 is 4.79 Å². The molecule has 2 rings (SSSR count). The van der Waals surface area contributed by atoms with Crippen molar-refractivity contribution in [3.8, 4) is 0 Å². The van der Waals surface area contributed by atoms with Crippen LogP contribution in [-0.4, -0.2) is 28.9 Å². The van der Waals surface area contributed by atoms with Crippen molar-refractivity contribution in [3.63, 3.8) is 0 Å². The summed E-state index contributed by atoms with van der Waals surface area (Å²) in [5, 5.41) is 0. The number of hydrogen-bond donors (Lipinski definition) is 1. The summed E-state index contributed by atoms with van der Waals surface area (Å²) in [5.41, 5.74) is 7.66. The van der Waals surface area contributed by atoms with Gasteiger partial charge in [-0.1, -0.05) is 12.1 Å². The second-order valence-corrected chi connectivity index (χ2v) is 5.73. The van der Waals surface area contributed by atoms with Crippen LogP contribution in [0.15, 0.2) is 24.3 Å². The molecular weight excluding hydrogens is 244 g/mol. The molecule has 1 aliphatic carbocycles. The zero-order chi connectivity index (χ0) is 13.0. The highest BCUT2D eigenvalue weighted by Gasteiger charge is 2.32. The predicted molar refractivity (Wildman–Crippen MR) is 77.4 cm³/mol. The van der Waals surface area contributed by atoms with Crippen LogP contribution in [0.4, 0.5) is 5.69 Å². The third-order valence-corrected chi connectivity index (χ3v) is 3.74. The maximum Gasteiger partial charge on any atom is 0.223 e. The van der Waals surface area contributed by atoms with Gasteiger partial charge in [-0.05, 0) is 36.8 Å². The lowest BCUT2D eigenvalue weighted by Crippen LogP contribution is -2.32. The van der Waals surface area contributed by atoms with Gasteiger partial charge in [-0.25, -0.2) is 0 Å². The topological polar surface area (TPSA) is 46.3 Å². The van der Waals surface area contributed by atoms with Crippen LogP contribution >= 0.6 is 11.8 Å². The fourth-order valence-corrected chi connectivity index (χ4v) is 2.41. The SMILES string of the molecule is CSCCC(=O)N(Cc1cccc(N)c1)C1CC1. The molecule has 1 saturated carbocycles. The molecule has 3 nitrogen and oxygen atoms in total. The van der Waals surface area contributed by atoms with E-state index in [0.717, 1.165) is 29.8 Å². The number of nitrogens with two attached hydrogens (primary N) is 1. The molecule has 0 spiro atoms. The maximum atomic E-state index is 12.2. The third kappa shape index (κ3) is 3.67. The average Bonchev–Trinajstić information content (AvgIpc) is 3.17. The Bertz CT molecular complexity index is 418. The highest BCUT2D eigenvalue weighted by Crippen LogP contribution is 2.29. The van der Waals surface area contributed by atoms with Crippen molar-refractivity contribution in [2.75, 3.05) is 17.7 Å². The summed E-state index contributed by atoms with van der Waals surface area (Å²) in [6.45, 7) is 0.697. The zero-order valence-corrected chi connectivity index (χ0v) is 11.6. The van der Waals surface area contributed by atoms with Gasteiger partial charge in [-0.15, -0.1) is 0 Å². The number of nitrogen functional groups attached to an aromatic ring is 1. The molecule has 1 aromatic rings. The van der Waals surface area contributed by atoms with Gasteiger partial charge in [0.25, 0.3) is 0 Å². The number of nitrogens with zero attached hydrogens (tertiary/aromatic N) is 1.